The summed E-state index contributed by atoms with van der Waals surface area (Å²) in [5, 5.41) is 0. The van der Waals surface area contributed by atoms with Gasteiger partial charge < -0.3 is 10.5 Å². The van der Waals surface area contributed by atoms with Crippen LogP contribution in [0.1, 0.15) is 23.7 Å². The first kappa shape index (κ1) is 13.3. The first-order valence-corrected chi connectivity index (χ1v) is 5.25. The number of esters is 1. The van der Waals surface area contributed by atoms with Crippen LogP contribution in [0.25, 0.3) is 0 Å². The van der Waals surface area contributed by atoms with Crippen LogP contribution in [0.4, 0.5) is 4.39 Å². The summed E-state index contributed by atoms with van der Waals surface area (Å²) < 4.78 is 17.3. The van der Waals surface area contributed by atoms with E-state index in [9.17, 15) is 14.0 Å². The second-order valence-corrected chi connectivity index (χ2v) is 3.49. The van der Waals surface area contributed by atoms with Gasteiger partial charge in [0.05, 0.1) is 6.61 Å². The highest BCUT2D eigenvalue weighted by Gasteiger charge is 2.19. The molecule has 1 atom stereocenters. The lowest BCUT2D eigenvalue weighted by atomic mass is 10.0. The number of carbonyl (C=O) groups is 2. The SMILES string of the molecule is CCOC(=O)C(N)CC(=O)c1ccc(F)cc1. The Bertz CT molecular complexity index is 403. The molecule has 2 N–H and O–H groups in total. The van der Waals surface area contributed by atoms with Gasteiger partial charge in [-0.05, 0) is 31.2 Å². The molecule has 1 rings (SSSR count). The number of ketones is 1. The average Bonchev–Trinajstić information content (AvgIpc) is 2.30. The fraction of sp³-hybridized carbons (Fsp3) is 0.333. The monoisotopic (exact) mass is 239 g/mol. The molecule has 0 aromatic heterocycles. The number of nitrogens with two attached hydrogens (primary N) is 1. The third kappa shape index (κ3) is 3.96. The van der Waals surface area contributed by atoms with Crippen LogP contribution in [0, 0.1) is 5.82 Å². The summed E-state index contributed by atoms with van der Waals surface area (Å²) in [5.41, 5.74) is 5.83. The molecule has 4 nitrogen and oxygen atoms in total. The summed E-state index contributed by atoms with van der Waals surface area (Å²) in [5.74, 6) is -1.34. The zero-order chi connectivity index (χ0) is 12.8. The summed E-state index contributed by atoms with van der Waals surface area (Å²) in [4.78, 5) is 22.9. The molecular formula is C12H14FNO3. The van der Waals surface area contributed by atoms with Crippen LogP contribution in [0.15, 0.2) is 24.3 Å². The van der Waals surface area contributed by atoms with Gasteiger partial charge in [0, 0.05) is 12.0 Å². The summed E-state index contributed by atoms with van der Waals surface area (Å²) in [7, 11) is 0. The van der Waals surface area contributed by atoms with Crippen molar-refractivity contribution in [2.24, 2.45) is 5.73 Å². The number of ether oxygens (including phenoxy) is 1. The molecule has 5 heteroatoms. The van der Waals surface area contributed by atoms with E-state index in [0.29, 0.717) is 5.56 Å². The van der Waals surface area contributed by atoms with Gasteiger partial charge in [-0.3, -0.25) is 9.59 Å². The number of halogens is 1. The molecule has 0 saturated heterocycles. The van der Waals surface area contributed by atoms with Gasteiger partial charge in [-0.25, -0.2) is 4.39 Å². The molecule has 0 aliphatic heterocycles. The van der Waals surface area contributed by atoms with E-state index in [1.165, 1.54) is 24.3 Å². The third-order valence-corrected chi connectivity index (χ3v) is 2.16. The van der Waals surface area contributed by atoms with E-state index in [2.05, 4.69) is 4.74 Å². The van der Waals surface area contributed by atoms with Gasteiger partial charge in [-0.2, -0.15) is 0 Å². The smallest absolute Gasteiger partial charge is 0.323 e. The predicted molar refractivity (Wildman–Crippen MR) is 60.0 cm³/mol. The van der Waals surface area contributed by atoms with Crippen molar-refractivity contribution in [1.82, 2.24) is 0 Å². The van der Waals surface area contributed by atoms with Crippen LogP contribution in [0.5, 0.6) is 0 Å². The number of carbonyl (C=O) groups excluding carboxylic acids is 2. The summed E-state index contributed by atoms with van der Waals surface area (Å²) in [6.45, 7) is 1.88. The molecule has 0 bridgehead atoms. The quantitative estimate of drug-likeness (QED) is 0.621. The van der Waals surface area contributed by atoms with E-state index >= 15 is 0 Å². The second-order valence-electron chi connectivity index (χ2n) is 3.49. The molecule has 0 fully saturated rings. The third-order valence-electron chi connectivity index (χ3n) is 2.16. The van der Waals surface area contributed by atoms with E-state index in [0.717, 1.165) is 0 Å². The first-order chi connectivity index (χ1) is 8.04. The Labute approximate surface area is 98.6 Å². The number of Topliss-reactive ketones (excluding diaryl/α,β-unsaturated/α-hetero) is 1. The molecular weight excluding hydrogens is 225 g/mol. The molecule has 0 amide bonds. The van der Waals surface area contributed by atoms with E-state index in [1.54, 1.807) is 6.92 Å². The molecule has 0 aliphatic rings. The molecule has 0 saturated carbocycles. The minimum absolute atomic E-state index is 0.148. The average molecular weight is 239 g/mol. The highest BCUT2D eigenvalue weighted by atomic mass is 19.1. The number of benzene rings is 1. The van der Waals surface area contributed by atoms with Crippen molar-refractivity contribution in [3.8, 4) is 0 Å². The van der Waals surface area contributed by atoms with Gasteiger partial charge in [-0.15, -0.1) is 0 Å². The van der Waals surface area contributed by atoms with Crippen molar-refractivity contribution in [3.05, 3.63) is 35.6 Å². The van der Waals surface area contributed by atoms with Crippen molar-refractivity contribution >= 4 is 11.8 Å². The second kappa shape index (κ2) is 6.10. The highest BCUT2D eigenvalue weighted by Crippen LogP contribution is 2.07. The van der Waals surface area contributed by atoms with E-state index in [1.807, 2.05) is 0 Å². The van der Waals surface area contributed by atoms with Gasteiger partial charge in [-0.1, -0.05) is 0 Å². The standard InChI is InChI=1S/C12H14FNO3/c1-2-17-12(16)10(14)7-11(15)8-3-5-9(13)6-4-8/h3-6,10H,2,7,14H2,1H3. The predicted octanol–water partition coefficient (Wildman–Crippen LogP) is 1.29. The molecule has 17 heavy (non-hydrogen) atoms. The first-order valence-electron chi connectivity index (χ1n) is 5.25. The summed E-state index contributed by atoms with van der Waals surface area (Å²) >= 11 is 0. The lowest BCUT2D eigenvalue weighted by Gasteiger charge is -2.09. The van der Waals surface area contributed by atoms with Crippen LogP contribution in [0.3, 0.4) is 0 Å². The van der Waals surface area contributed by atoms with Gasteiger partial charge >= 0.3 is 5.97 Å². The maximum Gasteiger partial charge on any atom is 0.323 e. The Morgan fingerprint density at radius 2 is 1.94 bits per heavy atom. The normalized spacial score (nSPS) is 11.9. The molecule has 1 aromatic carbocycles. The molecule has 92 valence electrons. The maximum absolute atomic E-state index is 12.6. The molecule has 1 aromatic rings. The Morgan fingerprint density at radius 1 is 1.35 bits per heavy atom. The molecule has 0 heterocycles. The lowest BCUT2D eigenvalue weighted by molar-refractivity contribution is -0.144. The van der Waals surface area contributed by atoms with Crippen LogP contribution in [-0.2, 0) is 9.53 Å². The largest absolute Gasteiger partial charge is 0.465 e. The Balaban J connectivity index is 2.60. The van der Waals surface area contributed by atoms with Gasteiger partial charge in [0.15, 0.2) is 5.78 Å². The fourth-order valence-corrected chi connectivity index (χ4v) is 1.29. The zero-order valence-electron chi connectivity index (χ0n) is 9.48. The number of hydrogen-bond donors (Lipinski definition) is 1. The van der Waals surface area contributed by atoms with Gasteiger partial charge in [0.25, 0.3) is 0 Å². The zero-order valence-corrected chi connectivity index (χ0v) is 9.48. The van der Waals surface area contributed by atoms with Crippen molar-refractivity contribution in [2.45, 2.75) is 19.4 Å². The molecule has 0 radical (unpaired) electrons. The minimum Gasteiger partial charge on any atom is -0.465 e. The minimum atomic E-state index is -0.979. The molecule has 0 spiro atoms. The van der Waals surface area contributed by atoms with E-state index < -0.39 is 17.8 Å². The molecule has 1 unspecified atom stereocenters. The van der Waals surface area contributed by atoms with E-state index in [-0.39, 0.29) is 18.8 Å². The maximum atomic E-state index is 12.6. The van der Waals surface area contributed by atoms with Crippen molar-refractivity contribution in [2.75, 3.05) is 6.61 Å². The van der Waals surface area contributed by atoms with Gasteiger partial charge in [0.1, 0.15) is 11.9 Å². The molecule has 0 aliphatic carbocycles. The Hall–Kier alpha value is -1.75. The van der Waals surface area contributed by atoms with Crippen molar-refractivity contribution in [3.63, 3.8) is 0 Å². The van der Waals surface area contributed by atoms with Crippen LogP contribution >= 0.6 is 0 Å². The van der Waals surface area contributed by atoms with Gasteiger partial charge in [0.2, 0.25) is 0 Å². The highest BCUT2D eigenvalue weighted by molar-refractivity contribution is 5.98. The van der Waals surface area contributed by atoms with Crippen LogP contribution in [0.2, 0.25) is 0 Å². The van der Waals surface area contributed by atoms with Crippen LogP contribution < -0.4 is 5.73 Å². The summed E-state index contributed by atoms with van der Waals surface area (Å²) in [6.07, 6.45) is -0.148. The Morgan fingerprint density at radius 3 is 2.47 bits per heavy atom. The van der Waals surface area contributed by atoms with Crippen LogP contribution in [-0.4, -0.2) is 24.4 Å². The van der Waals surface area contributed by atoms with Crippen molar-refractivity contribution < 1.29 is 18.7 Å². The topological polar surface area (TPSA) is 69.4 Å². The van der Waals surface area contributed by atoms with E-state index in [4.69, 9.17) is 5.73 Å². The lowest BCUT2D eigenvalue weighted by Crippen LogP contribution is -2.34. The number of rotatable bonds is 5. The fourth-order valence-electron chi connectivity index (χ4n) is 1.29. The van der Waals surface area contributed by atoms with Crippen molar-refractivity contribution in [1.29, 1.82) is 0 Å². The Kier molecular flexibility index (Phi) is 4.78. The summed E-state index contributed by atoms with van der Waals surface area (Å²) in [6, 6.07) is 4.10. The number of hydrogen-bond acceptors (Lipinski definition) is 4.